The normalized spacial score (nSPS) is 26.5. The Kier molecular flexibility index (Phi) is 3.33. The average molecular weight is 315 g/mol. The Morgan fingerprint density at radius 3 is 2.36 bits per heavy atom. The summed E-state index contributed by atoms with van der Waals surface area (Å²) in [5, 5.41) is 0.681. The third-order valence-electron chi connectivity index (χ3n) is 5.33. The molecule has 4 rings (SSSR count). The van der Waals surface area contributed by atoms with Crippen molar-refractivity contribution in [3.63, 3.8) is 0 Å². The first-order valence-corrected chi connectivity index (χ1v) is 8.36. The smallest absolute Gasteiger partial charge is 0.259 e. The number of aryl methyl sites for hydroxylation is 1. The van der Waals surface area contributed by atoms with Crippen LogP contribution in [-0.4, -0.2) is 9.97 Å². The maximum Gasteiger partial charge on any atom is 0.259 e. The molecule has 0 spiro atoms. The molecule has 4 heteroatoms. The molecule has 0 radical (unpaired) electrons. The molecule has 0 amide bonds. The molecule has 1 N–H and O–H groups in total. The Bertz CT molecular complexity index is 754. The van der Waals surface area contributed by atoms with E-state index < -0.39 is 0 Å². The molecule has 1 aromatic heterocycles. The van der Waals surface area contributed by atoms with Crippen molar-refractivity contribution >= 4 is 11.6 Å². The summed E-state index contributed by atoms with van der Waals surface area (Å²) in [5.41, 5.74) is 2.59. The average Bonchev–Trinajstić information content (AvgIpc) is 2.75. The molecule has 22 heavy (non-hydrogen) atoms. The van der Waals surface area contributed by atoms with Crippen molar-refractivity contribution < 1.29 is 0 Å². The van der Waals surface area contributed by atoms with Gasteiger partial charge in [-0.25, -0.2) is 4.98 Å². The lowest BCUT2D eigenvalue weighted by atomic mass is 9.77. The predicted molar refractivity (Wildman–Crippen MR) is 88.2 cm³/mol. The SMILES string of the molecule is Cc1nc(C2C[C@H]3CC[C@H]3C2)c(-c2ccc(Cl)cc2)c(=O)[nH]1. The number of nitrogens with one attached hydrogen (secondary N) is 1. The van der Waals surface area contributed by atoms with E-state index in [1.807, 2.05) is 31.2 Å². The van der Waals surface area contributed by atoms with E-state index in [1.54, 1.807) is 0 Å². The van der Waals surface area contributed by atoms with Gasteiger partial charge in [-0.3, -0.25) is 4.79 Å². The predicted octanol–water partition coefficient (Wildman–Crippen LogP) is 4.30. The monoisotopic (exact) mass is 314 g/mol. The molecule has 2 aromatic rings. The van der Waals surface area contributed by atoms with E-state index in [9.17, 15) is 4.79 Å². The molecule has 2 fully saturated rings. The van der Waals surface area contributed by atoms with Crippen LogP contribution in [-0.2, 0) is 0 Å². The van der Waals surface area contributed by atoms with E-state index in [4.69, 9.17) is 16.6 Å². The highest BCUT2D eigenvalue weighted by Crippen LogP contribution is 2.53. The molecule has 0 saturated heterocycles. The quantitative estimate of drug-likeness (QED) is 0.898. The van der Waals surface area contributed by atoms with Crippen molar-refractivity contribution in [2.24, 2.45) is 11.8 Å². The van der Waals surface area contributed by atoms with Gasteiger partial charge in [0, 0.05) is 10.9 Å². The standard InChI is InChI=1S/C18H19ClN2O/c1-10-20-17(14-8-12-2-3-13(12)9-14)16(18(22)21-10)11-4-6-15(19)7-5-11/h4-7,12-14H,2-3,8-9H2,1H3,(H,20,21,22)/t12-,13+,14?. The summed E-state index contributed by atoms with van der Waals surface area (Å²) < 4.78 is 0. The number of hydrogen-bond donors (Lipinski definition) is 1. The second-order valence-corrected chi connectivity index (χ2v) is 7.12. The van der Waals surface area contributed by atoms with Crippen molar-refractivity contribution in [2.45, 2.75) is 38.5 Å². The summed E-state index contributed by atoms with van der Waals surface area (Å²) in [6.07, 6.45) is 5.06. The van der Waals surface area contributed by atoms with Gasteiger partial charge in [-0.15, -0.1) is 0 Å². The minimum absolute atomic E-state index is 0.0379. The summed E-state index contributed by atoms with van der Waals surface area (Å²) in [6.45, 7) is 1.86. The van der Waals surface area contributed by atoms with Gasteiger partial charge in [0.1, 0.15) is 5.82 Å². The molecular weight excluding hydrogens is 296 g/mol. The lowest BCUT2D eigenvalue weighted by Gasteiger charge is -2.29. The van der Waals surface area contributed by atoms with E-state index in [1.165, 1.54) is 25.7 Å². The van der Waals surface area contributed by atoms with Crippen LogP contribution in [0.15, 0.2) is 29.1 Å². The lowest BCUT2D eigenvalue weighted by molar-refractivity contribution is 0.219. The highest BCUT2D eigenvalue weighted by atomic mass is 35.5. The second-order valence-electron chi connectivity index (χ2n) is 6.68. The molecule has 0 aliphatic heterocycles. The van der Waals surface area contributed by atoms with Gasteiger partial charge in [0.05, 0.1) is 11.3 Å². The molecule has 0 bridgehead atoms. The van der Waals surface area contributed by atoms with Gasteiger partial charge in [0.2, 0.25) is 0 Å². The number of H-pyrrole nitrogens is 1. The third-order valence-corrected chi connectivity index (χ3v) is 5.59. The van der Waals surface area contributed by atoms with Crippen LogP contribution in [0, 0.1) is 18.8 Å². The number of aromatic nitrogens is 2. The van der Waals surface area contributed by atoms with Gasteiger partial charge in [-0.2, -0.15) is 0 Å². The van der Waals surface area contributed by atoms with Crippen molar-refractivity contribution in [1.29, 1.82) is 0 Å². The number of benzene rings is 1. The largest absolute Gasteiger partial charge is 0.310 e. The van der Waals surface area contributed by atoms with Crippen LogP contribution in [0.25, 0.3) is 11.1 Å². The van der Waals surface area contributed by atoms with Crippen LogP contribution in [0.2, 0.25) is 5.02 Å². The number of nitrogens with zero attached hydrogens (tertiary/aromatic N) is 1. The topological polar surface area (TPSA) is 45.8 Å². The van der Waals surface area contributed by atoms with E-state index in [0.717, 1.165) is 28.7 Å². The molecule has 1 unspecified atom stereocenters. The summed E-state index contributed by atoms with van der Waals surface area (Å²) in [6, 6.07) is 7.49. The molecule has 1 heterocycles. The van der Waals surface area contributed by atoms with E-state index >= 15 is 0 Å². The van der Waals surface area contributed by atoms with Crippen LogP contribution < -0.4 is 5.56 Å². The number of rotatable bonds is 2. The van der Waals surface area contributed by atoms with Crippen LogP contribution in [0.3, 0.4) is 0 Å². The minimum Gasteiger partial charge on any atom is -0.310 e. The Balaban J connectivity index is 1.82. The van der Waals surface area contributed by atoms with Gasteiger partial charge >= 0.3 is 0 Å². The highest BCUT2D eigenvalue weighted by molar-refractivity contribution is 6.30. The fourth-order valence-electron chi connectivity index (χ4n) is 4.11. The van der Waals surface area contributed by atoms with Crippen LogP contribution in [0.4, 0.5) is 0 Å². The van der Waals surface area contributed by atoms with Crippen molar-refractivity contribution in [3.8, 4) is 11.1 Å². The van der Waals surface area contributed by atoms with Crippen molar-refractivity contribution in [2.75, 3.05) is 0 Å². The lowest BCUT2D eigenvalue weighted by Crippen LogP contribution is -2.18. The third kappa shape index (κ3) is 2.28. The molecule has 114 valence electrons. The van der Waals surface area contributed by atoms with Crippen LogP contribution in [0.5, 0.6) is 0 Å². The number of hydrogen-bond acceptors (Lipinski definition) is 2. The van der Waals surface area contributed by atoms with Gasteiger partial charge in [-0.05, 0) is 62.1 Å². The van der Waals surface area contributed by atoms with Crippen LogP contribution >= 0.6 is 11.6 Å². The number of halogens is 1. The van der Waals surface area contributed by atoms with Crippen molar-refractivity contribution in [1.82, 2.24) is 9.97 Å². The number of aromatic amines is 1. The second kappa shape index (κ2) is 5.24. The molecule has 1 aromatic carbocycles. The fourth-order valence-corrected chi connectivity index (χ4v) is 4.23. The summed E-state index contributed by atoms with van der Waals surface area (Å²) in [7, 11) is 0. The zero-order valence-electron chi connectivity index (χ0n) is 12.6. The first-order chi connectivity index (χ1) is 10.6. The van der Waals surface area contributed by atoms with Gasteiger partial charge in [0.15, 0.2) is 0 Å². The Morgan fingerprint density at radius 1 is 1.14 bits per heavy atom. The maximum atomic E-state index is 12.6. The summed E-state index contributed by atoms with van der Waals surface area (Å²) >= 11 is 5.98. The Hall–Kier alpha value is -1.61. The van der Waals surface area contributed by atoms with Gasteiger partial charge in [0.25, 0.3) is 5.56 Å². The van der Waals surface area contributed by atoms with E-state index in [0.29, 0.717) is 16.8 Å². The first kappa shape index (κ1) is 14.0. The Morgan fingerprint density at radius 2 is 1.77 bits per heavy atom. The van der Waals surface area contributed by atoms with E-state index in [2.05, 4.69) is 4.98 Å². The molecule has 2 aliphatic rings. The van der Waals surface area contributed by atoms with Gasteiger partial charge < -0.3 is 4.98 Å². The van der Waals surface area contributed by atoms with E-state index in [-0.39, 0.29) is 5.56 Å². The number of fused-ring (bicyclic) bond motifs is 1. The Labute approximate surface area is 134 Å². The first-order valence-electron chi connectivity index (χ1n) is 7.98. The van der Waals surface area contributed by atoms with Gasteiger partial charge in [-0.1, -0.05) is 23.7 Å². The van der Waals surface area contributed by atoms with Crippen molar-refractivity contribution in [3.05, 3.63) is 51.2 Å². The zero-order chi connectivity index (χ0) is 15.3. The molecular formula is C18H19ClN2O. The fraction of sp³-hybridized carbons (Fsp3) is 0.444. The van der Waals surface area contributed by atoms with Crippen LogP contribution in [0.1, 0.15) is 43.1 Å². The summed E-state index contributed by atoms with van der Waals surface area (Å²) in [4.78, 5) is 20.1. The highest BCUT2D eigenvalue weighted by Gasteiger charge is 2.42. The molecule has 2 aliphatic carbocycles. The summed E-state index contributed by atoms with van der Waals surface area (Å²) in [5.74, 6) is 2.83. The molecule has 3 atom stereocenters. The molecule has 2 saturated carbocycles. The zero-order valence-corrected chi connectivity index (χ0v) is 13.4. The maximum absolute atomic E-state index is 12.6. The molecule has 3 nitrogen and oxygen atoms in total. The minimum atomic E-state index is -0.0379.